The molecule has 0 spiro atoms. The van der Waals surface area contributed by atoms with E-state index in [1.807, 2.05) is 12.1 Å². The average molecular weight is 539 g/mol. The van der Waals surface area contributed by atoms with Crippen LogP contribution in [0.4, 0.5) is 0 Å². The van der Waals surface area contributed by atoms with Crippen LogP contribution in [0.3, 0.4) is 0 Å². The van der Waals surface area contributed by atoms with Crippen LogP contribution in [-0.2, 0) is 21.2 Å². The van der Waals surface area contributed by atoms with Gasteiger partial charge in [-0.25, -0.2) is 13.3 Å². The van der Waals surface area contributed by atoms with Crippen molar-refractivity contribution in [2.24, 2.45) is 9.39 Å². The molecule has 1 amide bonds. The molecule has 0 aliphatic carbocycles. The molecule has 34 heavy (non-hydrogen) atoms. The van der Waals surface area contributed by atoms with Crippen molar-refractivity contribution in [3.05, 3.63) is 63.1 Å². The summed E-state index contributed by atoms with van der Waals surface area (Å²) in [5.74, 6) is -0.453. The van der Waals surface area contributed by atoms with Crippen LogP contribution in [0.15, 0.2) is 51.4 Å². The van der Waals surface area contributed by atoms with E-state index in [9.17, 15) is 13.2 Å². The van der Waals surface area contributed by atoms with Crippen molar-refractivity contribution in [3.8, 4) is 11.5 Å². The van der Waals surface area contributed by atoms with Crippen LogP contribution < -0.4 is 9.47 Å². The highest BCUT2D eigenvalue weighted by Crippen LogP contribution is 2.38. The first-order valence-electron chi connectivity index (χ1n) is 9.52. The number of ether oxygens (including phenoxy) is 2. The molecule has 0 unspecified atom stereocenters. The number of amides is 1. The van der Waals surface area contributed by atoms with Gasteiger partial charge in [-0.05, 0) is 41.5 Å². The standard InChI is InChI=1S/C21H16Cl2N4O5S2/c1-31-16-9-12(8-15(23)17(16)32-10-11-3-5-13(22)6-4-11)7-14-18(24)27-20(25-19(14)28)33-26-21(27)34(2,29)30/h3-9,24H,10H2,1-2H3/b14-7-,24-18?. The second-order valence-corrected chi connectivity index (χ2v) is 10.6. The highest BCUT2D eigenvalue weighted by atomic mass is 35.5. The van der Waals surface area contributed by atoms with Crippen LogP contribution >= 0.6 is 35.1 Å². The van der Waals surface area contributed by atoms with Crippen molar-refractivity contribution in [1.29, 1.82) is 5.41 Å². The van der Waals surface area contributed by atoms with E-state index in [0.29, 0.717) is 22.1 Å². The van der Waals surface area contributed by atoms with Crippen molar-refractivity contribution < 1.29 is 22.7 Å². The lowest BCUT2D eigenvalue weighted by Gasteiger charge is -2.24. The Kier molecular flexibility index (Phi) is 6.72. The molecular weight excluding hydrogens is 523 g/mol. The van der Waals surface area contributed by atoms with Gasteiger partial charge < -0.3 is 9.47 Å². The van der Waals surface area contributed by atoms with Gasteiger partial charge in [0.1, 0.15) is 12.4 Å². The Bertz CT molecular complexity index is 1400. The van der Waals surface area contributed by atoms with Crippen LogP contribution in [0, 0.1) is 5.41 Å². The Morgan fingerprint density at radius 1 is 1.21 bits per heavy atom. The first kappa shape index (κ1) is 24.3. The number of sulfone groups is 1. The SMILES string of the molecule is COc1cc(/C=C2/C(=N)N3C(=NC2=O)SN=C3S(C)(=O)=O)cc(Cl)c1OCc1ccc(Cl)cc1. The molecule has 0 radical (unpaired) electrons. The summed E-state index contributed by atoms with van der Waals surface area (Å²) in [5.41, 5.74) is 1.17. The Morgan fingerprint density at radius 3 is 2.56 bits per heavy atom. The van der Waals surface area contributed by atoms with Gasteiger partial charge in [0.05, 0.1) is 29.7 Å². The lowest BCUT2D eigenvalue weighted by atomic mass is 10.1. The molecule has 176 valence electrons. The molecule has 2 heterocycles. The van der Waals surface area contributed by atoms with E-state index in [4.69, 9.17) is 38.1 Å². The van der Waals surface area contributed by atoms with Crippen molar-refractivity contribution in [2.75, 3.05) is 13.4 Å². The first-order valence-corrected chi connectivity index (χ1v) is 12.9. The van der Waals surface area contributed by atoms with Gasteiger partial charge in [-0.15, -0.1) is 0 Å². The number of hydrogen-bond donors (Lipinski definition) is 1. The van der Waals surface area contributed by atoms with Gasteiger partial charge in [0.25, 0.3) is 5.91 Å². The lowest BCUT2D eigenvalue weighted by molar-refractivity contribution is -0.114. The van der Waals surface area contributed by atoms with E-state index < -0.39 is 15.7 Å². The number of benzene rings is 2. The third-order valence-electron chi connectivity index (χ3n) is 4.69. The maximum atomic E-state index is 12.6. The number of halogens is 2. The van der Waals surface area contributed by atoms with Gasteiger partial charge in [-0.3, -0.25) is 10.2 Å². The molecule has 9 nitrogen and oxygen atoms in total. The van der Waals surface area contributed by atoms with E-state index in [0.717, 1.165) is 28.7 Å². The highest BCUT2D eigenvalue weighted by molar-refractivity contribution is 8.16. The molecular formula is C21H16Cl2N4O5S2. The van der Waals surface area contributed by atoms with Gasteiger partial charge in [-0.1, -0.05) is 35.3 Å². The molecule has 0 bridgehead atoms. The Hall–Kier alpha value is -2.86. The Balaban J connectivity index is 1.64. The van der Waals surface area contributed by atoms with Crippen LogP contribution in [0.25, 0.3) is 6.08 Å². The first-order chi connectivity index (χ1) is 16.1. The van der Waals surface area contributed by atoms with E-state index in [-0.39, 0.29) is 33.4 Å². The molecule has 0 saturated heterocycles. The third-order valence-corrected chi connectivity index (χ3v) is 6.97. The number of carbonyl (C=O) groups is 1. The monoisotopic (exact) mass is 538 g/mol. The predicted octanol–water partition coefficient (Wildman–Crippen LogP) is 4.20. The van der Waals surface area contributed by atoms with Gasteiger partial charge in [0, 0.05) is 11.3 Å². The van der Waals surface area contributed by atoms with Crippen molar-refractivity contribution in [3.63, 3.8) is 0 Å². The number of amidine groups is 3. The molecule has 2 aliphatic rings. The number of hydrogen-bond acceptors (Lipinski definition) is 8. The average Bonchev–Trinajstić information content (AvgIpc) is 3.21. The zero-order valence-electron chi connectivity index (χ0n) is 17.7. The van der Waals surface area contributed by atoms with Crippen molar-refractivity contribution in [1.82, 2.24) is 4.90 Å². The van der Waals surface area contributed by atoms with Gasteiger partial charge in [-0.2, -0.15) is 9.39 Å². The van der Waals surface area contributed by atoms with Crippen LogP contribution in [0.2, 0.25) is 10.0 Å². The summed E-state index contributed by atoms with van der Waals surface area (Å²) in [6.45, 7) is 0.217. The molecule has 13 heteroatoms. The van der Waals surface area contributed by atoms with Crippen LogP contribution in [0.1, 0.15) is 11.1 Å². The van der Waals surface area contributed by atoms with E-state index in [2.05, 4.69) is 9.39 Å². The Labute approximate surface area is 209 Å². The number of carbonyl (C=O) groups excluding carboxylic acids is 1. The van der Waals surface area contributed by atoms with Gasteiger partial charge in [0.15, 0.2) is 11.5 Å². The molecule has 1 N–H and O–H groups in total. The smallest absolute Gasteiger partial charge is 0.283 e. The number of rotatable bonds is 5. The summed E-state index contributed by atoms with van der Waals surface area (Å²) >= 11 is 13.1. The van der Waals surface area contributed by atoms with Crippen molar-refractivity contribution >= 4 is 73.1 Å². The van der Waals surface area contributed by atoms with E-state index >= 15 is 0 Å². The molecule has 0 saturated carbocycles. The topological polar surface area (TPSA) is 121 Å². The second kappa shape index (κ2) is 9.41. The number of fused-ring (bicyclic) bond motifs is 1. The molecule has 0 aromatic heterocycles. The number of nitrogens with one attached hydrogen (secondary N) is 1. The molecule has 2 aromatic carbocycles. The lowest BCUT2D eigenvalue weighted by Crippen LogP contribution is -2.45. The molecule has 2 aliphatic heterocycles. The Morgan fingerprint density at radius 2 is 1.91 bits per heavy atom. The summed E-state index contributed by atoms with van der Waals surface area (Å²) in [5, 5.41) is 8.91. The fourth-order valence-corrected chi connectivity index (χ4v) is 5.35. The number of nitrogens with zero attached hydrogens (tertiary/aromatic N) is 3. The molecule has 0 fully saturated rings. The normalized spacial score (nSPS) is 16.9. The maximum Gasteiger partial charge on any atom is 0.283 e. The largest absolute Gasteiger partial charge is 0.493 e. The summed E-state index contributed by atoms with van der Waals surface area (Å²) in [6.07, 6.45) is 2.35. The van der Waals surface area contributed by atoms with Crippen molar-refractivity contribution in [2.45, 2.75) is 6.61 Å². The molecule has 2 aromatic rings. The summed E-state index contributed by atoms with van der Waals surface area (Å²) < 4.78 is 39.1. The zero-order chi connectivity index (χ0) is 24.6. The van der Waals surface area contributed by atoms with Crippen LogP contribution in [0.5, 0.6) is 11.5 Å². The molecule has 4 rings (SSSR count). The predicted molar refractivity (Wildman–Crippen MR) is 134 cm³/mol. The number of methoxy groups -OCH3 is 1. The fourth-order valence-electron chi connectivity index (χ4n) is 3.10. The minimum Gasteiger partial charge on any atom is -0.493 e. The van der Waals surface area contributed by atoms with E-state index in [1.54, 1.807) is 24.3 Å². The summed E-state index contributed by atoms with van der Waals surface area (Å²) in [7, 11) is -2.30. The minimum absolute atomic E-state index is 0.00846. The summed E-state index contributed by atoms with van der Waals surface area (Å²) in [6, 6.07) is 10.3. The fraction of sp³-hybridized carbons (Fsp3) is 0.143. The van der Waals surface area contributed by atoms with E-state index in [1.165, 1.54) is 13.2 Å². The molecule has 0 atom stereocenters. The minimum atomic E-state index is -3.74. The maximum absolute atomic E-state index is 12.6. The third kappa shape index (κ3) is 4.83. The summed E-state index contributed by atoms with van der Waals surface area (Å²) in [4.78, 5) is 17.5. The quantitative estimate of drug-likeness (QED) is 0.447. The van der Waals surface area contributed by atoms with Gasteiger partial charge >= 0.3 is 0 Å². The van der Waals surface area contributed by atoms with Crippen LogP contribution in [-0.4, -0.2) is 48.8 Å². The second-order valence-electron chi connectivity index (χ2n) is 7.13. The highest BCUT2D eigenvalue weighted by Gasteiger charge is 2.41. The van der Waals surface area contributed by atoms with Gasteiger partial charge in [0.2, 0.25) is 20.2 Å². The number of aliphatic imine (C=N–C) groups is 1. The zero-order valence-corrected chi connectivity index (χ0v) is 20.8.